The van der Waals surface area contributed by atoms with E-state index in [1.54, 1.807) is 13.3 Å². The Balaban J connectivity index is 1.17. The number of rotatable bonds is 10. The van der Waals surface area contributed by atoms with Crippen molar-refractivity contribution in [3.8, 4) is 11.6 Å². The van der Waals surface area contributed by atoms with Crippen LogP contribution in [0.5, 0.6) is 5.75 Å². The Morgan fingerprint density at radius 1 is 1.16 bits per heavy atom. The van der Waals surface area contributed by atoms with Gasteiger partial charge in [-0.25, -0.2) is 15.0 Å². The van der Waals surface area contributed by atoms with Crippen LogP contribution in [0.25, 0.3) is 16.9 Å². The van der Waals surface area contributed by atoms with E-state index in [4.69, 9.17) is 19.5 Å². The number of nitrogens with zero attached hydrogens (tertiary/aromatic N) is 8. The summed E-state index contributed by atoms with van der Waals surface area (Å²) < 4.78 is 17.5. The number of amides is 1. The second kappa shape index (κ2) is 13.0. The van der Waals surface area contributed by atoms with Crippen molar-refractivity contribution in [2.24, 2.45) is 5.10 Å². The third-order valence-corrected chi connectivity index (χ3v) is 7.93. The van der Waals surface area contributed by atoms with Crippen LogP contribution in [-0.2, 0) is 12.3 Å². The van der Waals surface area contributed by atoms with Crippen LogP contribution < -0.4 is 15.9 Å². The molecule has 0 radical (unpaired) electrons. The Hall–Kier alpha value is -4.76. The molecule has 1 fully saturated rings. The number of fused-ring (bicyclic) bond motifs is 1. The molecule has 0 aliphatic carbocycles. The van der Waals surface area contributed by atoms with Gasteiger partial charge in [-0.15, -0.1) is 5.10 Å². The zero-order valence-corrected chi connectivity index (χ0v) is 24.3. The molecule has 14 nitrogen and oxygen atoms in total. The molecule has 5 aromatic rings. The number of nitrogen functional groups attached to an aromatic ring is 1. The van der Waals surface area contributed by atoms with Gasteiger partial charge in [0.1, 0.15) is 11.3 Å². The SMILES string of the molecule is COc1ccc(C=NNC(=O)c2nnn(-c3nonc3N)c2CN2CCCCCC2)cc1CSc1nc2ccccc2o1. The Kier molecular flexibility index (Phi) is 8.60. The number of nitrogens with two attached hydrogens (primary N) is 1. The van der Waals surface area contributed by atoms with Crippen molar-refractivity contribution >= 4 is 40.8 Å². The van der Waals surface area contributed by atoms with Gasteiger partial charge < -0.3 is 14.9 Å². The van der Waals surface area contributed by atoms with Crippen LogP contribution in [0, 0.1) is 0 Å². The second-order valence-corrected chi connectivity index (χ2v) is 10.9. The summed E-state index contributed by atoms with van der Waals surface area (Å²) >= 11 is 1.46. The van der Waals surface area contributed by atoms with Crippen LogP contribution in [0.4, 0.5) is 5.82 Å². The molecule has 15 heteroatoms. The van der Waals surface area contributed by atoms with E-state index in [2.05, 4.69) is 41.0 Å². The molecule has 1 aliphatic heterocycles. The van der Waals surface area contributed by atoms with Crippen molar-refractivity contribution in [2.45, 2.75) is 43.2 Å². The molecule has 1 saturated heterocycles. The van der Waals surface area contributed by atoms with Crippen LogP contribution in [-0.4, -0.2) is 67.5 Å². The van der Waals surface area contributed by atoms with Gasteiger partial charge in [-0.2, -0.15) is 9.78 Å². The third-order valence-electron chi connectivity index (χ3n) is 7.06. The van der Waals surface area contributed by atoms with Crippen LogP contribution >= 0.6 is 11.8 Å². The molecule has 3 aromatic heterocycles. The highest BCUT2D eigenvalue weighted by atomic mass is 32.2. The van der Waals surface area contributed by atoms with Crippen molar-refractivity contribution < 1.29 is 18.6 Å². The fraction of sp³-hybridized carbons (Fsp3) is 0.321. The summed E-state index contributed by atoms with van der Waals surface area (Å²) in [7, 11) is 1.62. The van der Waals surface area contributed by atoms with Crippen molar-refractivity contribution in [3.05, 3.63) is 65.0 Å². The lowest BCUT2D eigenvalue weighted by Gasteiger charge is -2.20. The fourth-order valence-corrected chi connectivity index (χ4v) is 5.71. The number of anilines is 1. The minimum atomic E-state index is -0.511. The van der Waals surface area contributed by atoms with Crippen molar-refractivity contribution in [3.63, 3.8) is 0 Å². The lowest BCUT2D eigenvalue weighted by molar-refractivity contribution is 0.0947. The molecule has 1 amide bonds. The normalized spacial score (nSPS) is 14.3. The summed E-state index contributed by atoms with van der Waals surface area (Å²) in [4.78, 5) is 20.0. The topological polar surface area (TPSA) is 176 Å². The van der Waals surface area contributed by atoms with Crippen LogP contribution in [0.1, 0.15) is 53.0 Å². The Morgan fingerprint density at radius 2 is 2.00 bits per heavy atom. The van der Waals surface area contributed by atoms with Gasteiger partial charge in [-0.3, -0.25) is 9.69 Å². The van der Waals surface area contributed by atoms with Crippen LogP contribution in [0.15, 0.2) is 61.8 Å². The number of hydrogen-bond donors (Lipinski definition) is 2. The number of nitrogens with one attached hydrogen (secondary N) is 1. The standard InChI is InChI=1S/C28H30N10O4S/c1-40-22-11-10-18(14-19(22)17-43-28-31-20-8-4-5-9-23(20)41-28)15-30-33-27(39)24-21(16-37-12-6-2-3-7-13-37)38(36-32-24)26-25(29)34-42-35-26/h4-5,8-11,14-15H,2-3,6-7,12-13,16-17H2,1H3,(H2,29,34)(H,33,39). The number of benzene rings is 2. The molecule has 0 saturated carbocycles. The quantitative estimate of drug-likeness (QED) is 0.134. The maximum absolute atomic E-state index is 13.2. The van der Waals surface area contributed by atoms with E-state index in [0.29, 0.717) is 23.2 Å². The summed E-state index contributed by atoms with van der Waals surface area (Å²) in [6.07, 6.45) is 6.08. The highest BCUT2D eigenvalue weighted by molar-refractivity contribution is 7.98. The average molecular weight is 603 g/mol. The molecule has 1 aliphatic rings. The van der Waals surface area contributed by atoms with Gasteiger partial charge in [0, 0.05) is 17.9 Å². The molecule has 2 aromatic carbocycles. The van der Waals surface area contributed by atoms with E-state index in [1.165, 1.54) is 29.3 Å². The van der Waals surface area contributed by atoms with Gasteiger partial charge in [0.25, 0.3) is 11.1 Å². The van der Waals surface area contributed by atoms with E-state index in [-0.39, 0.29) is 17.3 Å². The summed E-state index contributed by atoms with van der Waals surface area (Å²) in [5.74, 6) is 1.01. The predicted molar refractivity (Wildman–Crippen MR) is 159 cm³/mol. The van der Waals surface area contributed by atoms with Gasteiger partial charge in [0.05, 0.1) is 19.0 Å². The molecule has 6 rings (SSSR count). The van der Waals surface area contributed by atoms with Crippen LogP contribution in [0.3, 0.4) is 0 Å². The van der Waals surface area contributed by atoms with Crippen molar-refractivity contribution in [1.29, 1.82) is 0 Å². The van der Waals surface area contributed by atoms with Crippen molar-refractivity contribution in [1.82, 2.24) is 40.6 Å². The van der Waals surface area contributed by atoms with Gasteiger partial charge in [-0.05, 0) is 72.1 Å². The summed E-state index contributed by atoms with van der Waals surface area (Å²) in [6, 6.07) is 13.3. The molecule has 0 spiro atoms. The Bertz CT molecular complexity index is 1710. The Morgan fingerprint density at radius 3 is 2.77 bits per heavy atom. The molecule has 4 heterocycles. The summed E-state index contributed by atoms with van der Waals surface area (Å²) in [5.41, 5.74) is 12.4. The first kappa shape index (κ1) is 28.4. The monoisotopic (exact) mass is 602 g/mol. The largest absolute Gasteiger partial charge is 0.496 e. The number of carbonyl (C=O) groups excluding carboxylic acids is 1. The number of methoxy groups -OCH3 is 1. The highest BCUT2D eigenvalue weighted by Crippen LogP contribution is 2.30. The number of para-hydroxylation sites is 2. The summed E-state index contributed by atoms with van der Waals surface area (Å²) in [5, 5.41) is 20.5. The number of aromatic nitrogens is 6. The van der Waals surface area contributed by atoms with Gasteiger partial charge >= 0.3 is 0 Å². The average Bonchev–Trinajstić information content (AvgIpc) is 3.69. The molecule has 0 bridgehead atoms. The molecule has 0 unspecified atom stereocenters. The zero-order valence-electron chi connectivity index (χ0n) is 23.5. The number of carbonyl (C=O) groups is 1. The van der Waals surface area contributed by atoms with E-state index < -0.39 is 5.91 Å². The number of ether oxygens (including phenoxy) is 1. The molecule has 43 heavy (non-hydrogen) atoms. The van der Waals surface area contributed by atoms with E-state index in [1.807, 2.05) is 42.5 Å². The predicted octanol–water partition coefficient (Wildman–Crippen LogP) is 3.81. The number of hydrazone groups is 1. The second-order valence-electron chi connectivity index (χ2n) is 9.97. The molecular formula is C28H30N10O4S. The number of hydrogen-bond acceptors (Lipinski definition) is 13. The summed E-state index contributed by atoms with van der Waals surface area (Å²) in [6.45, 7) is 2.24. The fourth-order valence-electron chi connectivity index (χ4n) is 4.90. The van der Waals surface area contributed by atoms with E-state index >= 15 is 0 Å². The van der Waals surface area contributed by atoms with E-state index in [0.717, 1.165) is 53.9 Å². The van der Waals surface area contributed by atoms with Crippen LogP contribution in [0.2, 0.25) is 0 Å². The minimum Gasteiger partial charge on any atom is -0.496 e. The first-order valence-corrected chi connectivity index (χ1v) is 14.8. The first-order valence-electron chi connectivity index (χ1n) is 13.8. The molecular weight excluding hydrogens is 572 g/mol. The minimum absolute atomic E-state index is 0.0524. The molecule has 0 atom stereocenters. The number of oxazole rings is 1. The molecule has 3 N–H and O–H groups in total. The number of likely N-dealkylation sites (tertiary alicyclic amines) is 1. The van der Waals surface area contributed by atoms with Crippen molar-refractivity contribution in [2.75, 3.05) is 25.9 Å². The zero-order chi connectivity index (χ0) is 29.6. The van der Waals surface area contributed by atoms with E-state index in [9.17, 15) is 4.79 Å². The maximum atomic E-state index is 13.2. The maximum Gasteiger partial charge on any atom is 0.293 e. The Labute approximate surface area is 250 Å². The highest BCUT2D eigenvalue weighted by Gasteiger charge is 2.26. The molecule has 222 valence electrons. The van der Waals surface area contributed by atoms with Gasteiger partial charge in [0.15, 0.2) is 11.3 Å². The number of thioether (sulfide) groups is 1. The first-order chi connectivity index (χ1) is 21.1. The van der Waals surface area contributed by atoms with Gasteiger partial charge in [0.2, 0.25) is 11.6 Å². The van der Waals surface area contributed by atoms with Gasteiger partial charge in [-0.1, -0.05) is 41.9 Å². The lowest BCUT2D eigenvalue weighted by Crippen LogP contribution is -2.28. The smallest absolute Gasteiger partial charge is 0.293 e. The third kappa shape index (κ3) is 6.52. The lowest BCUT2D eigenvalue weighted by atomic mass is 10.1.